The molecule has 0 saturated carbocycles. The third-order valence-corrected chi connectivity index (χ3v) is 7.51. The number of nitrogens with zero attached hydrogens (tertiary/aromatic N) is 7. The van der Waals surface area contributed by atoms with E-state index in [1.54, 1.807) is 0 Å². The number of fused-ring (bicyclic) bond motifs is 2. The Bertz CT molecular complexity index is 913. The molecule has 0 N–H and O–H groups in total. The molecular weight excluding hydrogens is 410 g/mol. The lowest BCUT2D eigenvalue weighted by Crippen LogP contribution is -2.50. The summed E-state index contributed by atoms with van der Waals surface area (Å²) in [4.78, 5) is 22.2. The van der Waals surface area contributed by atoms with Crippen molar-refractivity contribution in [2.75, 3.05) is 73.5 Å². The molecule has 1 aromatic rings. The van der Waals surface area contributed by atoms with Crippen LogP contribution < -0.4 is 0 Å². The Morgan fingerprint density at radius 1 is 1.12 bits per heavy atom. The maximum atomic E-state index is 5.12. The van der Waals surface area contributed by atoms with Crippen molar-refractivity contribution < 1.29 is 0 Å². The van der Waals surface area contributed by atoms with Crippen LogP contribution in [-0.2, 0) is 6.42 Å². The van der Waals surface area contributed by atoms with Gasteiger partial charge in [-0.3, -0.25) is 19.8 Å². The van der Waals surface area contributed by atoms with Crippen LogP contribution in [0.25, 0.3) is 0 Å². The third-order valence-electron chi connectivity index (χ3n) is 7.51. The predicted molar refractivity (Wildman–Crippen MR) is 134 cm³/mol. The molecule has 178 valence electrons. The Balaban J connectivity index is 1.19. The van der Waals surface area contributed by atoms with Crippen LogP contribution in [0.2, 0.25) is 0 Å². The number of pyridine rings is 1. The summed E-state index contributed by atoms with van der Waals surface area (Å²) in [6.07, 6.45) is 12.2. The second-order valence-electron chi connectivity index (χ2n) is 10.2. The van der Waals surface area contributed by atoms with E-state index in [1.165, 1.54) is 29.9 Å². The SMILES string of the molecule is CN(C)CCN1CCN(C2=CC=CC3=NC(CN(C)C4CCCc5cccnc54)CN23)CC1. The van der Waals surface area contributed by atoms with Gasteiger partial charge < -0.3 is 14.7 Å². The van der Waals surface area contributed by atoms with Gasteiger partial charge >= 0.3 is 0 Å². The number of amidine groups is 1. The summed E-state index contributed by atoms with van der Waals surface area (Å²) in [6.45, 7) is 8.68. The molecule has 1 aromatic heterocycles. The maximum Gasteiger partial charge on any atom is 0.129 e. The molecule has 2 unspecified atom stereocenters. The van der Waals surface area contributed by atoms with Gasteiger partial charge in [-0.2, -0.15) is 0 Å². The van der Waals surface area contributed by atoms with E-state index in [1.807, 2.05) is 6.20 Å². The van der Waals surface area contributed by atoms with E-state index >= 15 is 0 Å². The van der Waals surface area contributed by atoms with E-state index in [-0.39, 0.29) is 0 Å². The van der Waals surface area contributed by atoms with Gasteiger partial charge in [-0.05, 0) is 64.2 Å². The topological polar surface area (TPSA) is 41.5 Å². The van der Waals surface area contributed by atoms with Crippen molar-refractivity contribution in [3.05, 3.63) is 53.6 Å². The smallest absolute Gasteiger partial charge is 0.129 e. The number of aryl methyl sites for hydroxylation is 1. The molecule has 0 bridgehead atoms. The molecule has 3 aliphatic heterocycles. The zero-order valence-electron chi connectivity index (χ0n) is 20.5. The minimum atomic E-state index is 0.298. The molecule has 7 heteroatoms. The second kappa shape index (κ2) is 9.95. The van der Waals surface area contributed by atoms with Crippen LogP contribution in [0.3, 0.4) is 0 Å². The summed E-state index contributed by atoms with van der Waals surface area (Å²) in [6, 6.07) is 5.03. The lowest BCUT2D eigenvalue weighted by molar-refractivity contribution is 0.130. The number of aromatic nitrogens is 1. The first-order valence-electron chi connectivity index (χ1n) is 12.6. The molecule has 0 aromatic carbocycles. The van der Waals surface area contributed by atoms with Crippen LogP contribution in [0.1, 0.15) is 30.1 Å². The van der Waals surface area contributed by atoms with Gasteiger partial charge in [0, 0.05) is 58.6 Å². The van der Waals surface area contributed by atoms with Crippen molar-refractivity contribution >= 4 is 5.84 Å². The number of allylic oxidation sites excluding steroid dienone is 2. The molecular formula is C26H39N7. The lowest BCUT2D eigenvalue weighted by Gasteiger charge is -2.41. The van der Waals surface area contributed by atoms with Crippen molar-refractivity contribution in [2.45, 2.75) is 31.3 Å². The highest BCUT2D eigenvalue weighted by molar-refractivity contribution is 5.96. The Morgan fingerprint density at radius 2 is 1.97 bits per heavy atom. The van der Waals surface area contributed by atoms with E-state index < -0.39 is 0 Å². The standard InChI is InChI=1S/C26H39N7/c1-29(2)13-14-31-15-17-32(18-16-31)25-11-5-10-24-28-22(20-33(24)25)19-30(3)23-9-4-7-21-8-6-12-27-26(21)23/h5-6,8,10-12,22-23H,4,7,9,13-20H2,1-3H3. The summed E-state index contributed by atoms with van der Waals surface area (Å²) < 4.78 is 0. The highest BCUT2D eigenvalue weighted by atomic mass is 15.4. The summed E-state index contributed by atoms with van der Waals surface area (Å²) in [7, 11) is 6.56. The van der Waals surface area contributed by atoms with Gasteiger partial charge in [-0.15, -0.1) is 0 Å². The highest BCUT2D eigenvalue weighted by Gasteiger charge is 2.33. The van der Waals surface area contributed by atoms with E-state index in [0.29, 0.717) is 12.1 Å². The Kier molecular flexibility index (Phi) is 6.81. The monoisotopic (exact) mass is 449 g/mol. The van der Waals surface area contributed by atoms with Gasteiger partial charge in [0.15, 0.2) is 0 Å². The maximum absolute atomic E-state index is 5.12. The molecule has 1 saturated heterocycles. The Hall–Kier alpha value is -2.22. The van der Waals surface area contributed by atoms with Crippen LogP contribution in [0.4, 0.5) is 0 Å². The first-order chi connectivity index (χ1) is 16.1. The van der Waals surface area contributed by atoms with E-state index in [4.69, 9.17) is 9.98 Å². The van der Waals surface area contributed by atoms with Crippen molar-refractivity contribution in [3.63, 3.8) is 0 Å². The molecule has 0 radical (unpaired) electrons. The van der Waals surface area contributed by atoms with Gasteiger partial charge in [0.25, 0.3) is 0 Å². The molecule has 1 fully saturated rings. The molecule has 0 amide bonds. The molecule has 5 rings (SSSR count). The number of rotatable bonds is 7. The summed E-state index contributed by atoms with van der Waals surface area (Å²) in [5.74, 6) is 2.46. The van der Waals surface area contributed by atoms with Gasteiger partial charge in [-0.1, -0.05) is 12.1 Å². The molecule has 4 heterocycles. The minimum absolute atomic E-state index is 0.298. The van der Waals surface area contributed by atoms with Gasteiger partial charge in [0.1, 0.15) is 11.7 Å². The number of hydrogen-bond donors (Lipinski definition) is 0. The fourth-order valence-electron chi connectivity index (χ4n) is 5.65. The molecule has 4 aliphatic rings. The normalized spacial score (nSPS) is 25.4. The van der Waals surface area contributed by atoms with Crippen LogP contribution in [-0.4, -0.2) is 115 Å². The Morgan fingerprint density at radius 3 is 2.79 bits per heavy atom. The average molecular weight is 450 g/mol. The second-order valence-corrected chi connectivity index (χ2v) is 10.2. The first-order valence-corrected chi connectivity index (χ1v) is 12.6. The Labute approximate surface area is 199 Å². The van der Waals surface area contributed by atoms with Crippen LogP contribution in [0, 0.1) is 0 Å². The van der Waals surface area contributed by atoms with E-state index in [0.717, 1.165) is 64.6 Å². The zero-order chi connectivity index (χ0) is 22.8. The summed E-state index contributed by atoms with van der Waals surface area (Å²) in [5, 5.41) is 0. The first kappa shape index (κ1) is 22.6. The number of aliphatic imine (C=N–C) groups is 1. The summed E-state index contributed by atoms with van der Waals surface area (Å²) >= 11 is 0. The minimum Gasteiger partial charge on any atom is -0.355 e. The van der Waals surface area contributed by atoms with Gasteiger partial charge in [-0.25, -0.2) is 0 Å². The number of likely N-dealkylation sites (N-methyl/N-ethyl adjacent to an activating group) is 2. The van der Waals surface area contributed by atoms with Crippen LogP contribution in [0.15, 0.2) is 47.4 Å². The molecule has 0 spiro atoms. The molecule has 2 atom stereocenters. The van der Waals surface area contributed by atoms with Gasteiger partial charge in [0.05, 0.1) is 17.8 Å². The summed E-state index contributed by atoms with van der Waals surface area (Å²) in [5.41, 5.74) is 2.70. The van der Waals surface area contributed by atoms with Crippen molar-refractivity contribution in [2.24, 2.45) is 4.99 Å². The number of hydrogen-bond acceptors (Lipinski definition) is 7. The van der Waals surface area contributed by atoms with Gasteiger partial charge in [0.2, 0.25) is 0 Å². The van der Waals surface area contributed by atoms with Crippen molar-refractivity contribution in [1.82, 2.24) is 29.5 Å². The fourth-order valence-corrected chi connectivity index (χ4v) is 5.65. The fraction of sp³-hybridized carbons (Fsp3) is 0.615. The van der Waals surface area contributed by atoms with E-state index in [9.17, 15) is 0 Å². The lowest BCUT2D eigenvalue weighted by atomic mass is 9.91. The quantitative estimate of drug-likeness (QED) is 0.635. The molecule has 33 heavy (non-hydrogen) atoms. The molecule has 1 aliphatic carbocycles. The highest BCUT2D eigenvalue weighted by Crippen LogP contribution is 2.33. The van der Waals surface area contributed by atoms with Crippen molar-refractivity contribution in [3.8, 4) is 0 Å². The average Bonchev–Trinajstić information content (AvgIpc) is 3.25. The van der Waals surface area contributed by atoms with E-state index in [2.05, 4.69) is 76.0 Å². The largest absolute Gasteiger partial charge is 0.355 e. The van der Waals surface area contributed by atoms with Crippen LogP contribution in [0.5, 0.6) is 0 Å². The number of piperazine rings is 1. The van der Waals surface area contributed by atoms with Crippen LogP contribution >= 0.6 is 0 Å². The van der Waals surface area contributed by atoms with Crippen molar-refractivity contribution in [1.29, 1.82) is 0 Å². The predicted octanol–water partition coefficient (Wildman–Crippen LogP) is 2.06. The third kappa shape index (κ3) is 5.00. The zero-order valence-corrected chi connectivity index (χ0v) is 20.5. The molecule has 7 nitrogen and oxygen atoms in total.